The number of halogens is 6. The van der Waals surface area contributed by atoms with Crippen LogP contribution in [0.15, 0.2) is 23.1 Å². The highest BCUT2D eigenvalue weighted by Crippen LogP contribution is 2.35. The Bertz CT molecular complexity index is 724. The van der Waals surface area contributed by atoms with Gasteiger partial charge in [0.2, 0.25) is 10.0 Å². The van der Waals surface area contributed by atoms with E-state index in [4.69, 9.17) is 5.73 Å². The van der Waals surface area contributed by atoms with Gasteiger partial charge >= 0.3 is 12.4 Å². The van der Waals surface area contributed by atoms with E-state index < -0.39 is 45.1 Å². The summed E-state index contributed by atoms with van der Waals surface area (Å²) in [4.78, 5) is 0.439. The Kier molecular flexibility index (Phi) is 5.26. The number of anilines is 1. The second kappa shape index (κ2) is 6.65. The number of nitrogen functional groups attached to an aromatic ring is 1. The third-order valence-electron chi connectivity index (χ3n) is 3.70. The number of piperazine rings is 1. The van der Waals surface area contributed by atoms with Crippen molar-refractivity contribution >= 4 is 15.7 Å². The fourth-order valence-electron chi connectivity index (χ4n) is 2.47. The molecule has 2 N–H and O–H groups in total. The van der Waals surface area contributed by atoms with Crippen molar-refractivity contribution in [1.29, 1.82) is 0 Å². The van der Waals surface area contributed by atoms with Crippen molar-refractivity contribution in [2.75, 3.05) is 38.5 Å². The van der Waals surface area contributed by atoms with Crippen LogP contribution in [0.25, 0.3) is 0 Å². The molecule has 1 aliphatic heterocycles. The normalized spacial score (nSPS) is 18.5. The predicted molar refractivity (Wildman–Crippen MR) is 77.1 cm³/mol. The molecule has 5 nitrogen and oxygen atoms in total. The first kappa shape index (κ1) is 19.8. The third-order valence-corrected chi connectivity index (χ3v) is 5.60. The third kappa shape index (κ3) is 4.76. The van der Waals surface area contributed by atoms with Crippen LogP contribution < -0.4 is 5.73 Å². The Hall–Kier alpha value is -1.53. The lowest BCUT2D eigenvalue weighted by atomic mass is 10.2. The van der Waals surface area contributed by atoms with Gasteiger partial charge in [-0.05, 0) is 18.2 Å². The summed E-state index contributed by atoms with van der Waals surface area (Å²) >= 11 is 0. The van der Waals surface area contributed by atoms with Gasteiger partial charge in [-0.3, -0.25) is 4.90 Å². The fourth-order valence-corrected chi connectivity index (χ4v) is 3.92. The topological polar surface area (TPSA) is 66.6 Å². The van der Waals surface area contributed by atoms with Crippen LogP contribution in [0, 0.1) is 0 Å². The molecule has 1 aromatic rings. The number of nitrogens with zero attached hydrogens (tertiary/aromatic N) is 2. The van der Waals surface area contributed by atoms with Gasteiger partial charge in [-0.2, -0.15) is 30.6 Å². The van der Waals surface area contributed by atoms with E-state index in [1.54, 1.807) is 0 Å². The molecule has 2 rings (SSSR count). The predicted octanol–water partition coefficient (Wildman–Crippen LogP) is 2.16. The molecule has 1 heterocycles. The number of hydrogen-bond acceptors (Lipinski definition) is 4. The van der Waals surface area contributed by atoms with Crippen molar-refractivity contribution < 1.29 is 34.8 Å². The minimum absolute atomic E-state index is 0.167. The Morgan fingerprint density at radius 1 is 1.00 bits per heavy atom. The highest BCUT2D eigenvalue weighted by molar-refractivity contribution is 7.89. The quantitative estimate of drug-likeness (QED) is 0.634. The van der Waals surface area contributed by atoms with Gasteiger partial charge in [0, 0.05) is 31.9 Å². The minimum atomic E-state index is -4.82. The van der Waals surface area contributed by atoms with Crippen LogP contribution >= 0.6 is 0 Å². The van der Waals surface area contributed by atoms with Crippen LogP contribution in [0.4, 0.5) is 32.0 Å². The molecule has 0 spiro atoms. The van der Waals surface area contributed by atoms with Gasteiger partial charge in [0.15, 0.2) is 0 Å². The number of rotatable bonds is 3. The van der Waals surface area contributed by atoms with E-state index in [-0.39, 0.29) is 26.2 Å². The minimum Gasteiger partial charge on any atom is -0.398 e. The van der Waals surface area contributed by atoms with Gasteiger partial charge in [0.05, 0.1) is 17.0 Å². The van der Waals surface area contributed by atoms with Gasteiger partial charge in [-0.1, -0.05) is 0 Å². The second-order valence-electron chi connectivity index (χ2n) is 5.54. The Balaban J connectivity index is 2.18. The molecule has 1 saturated heterocycles. The molecule has 0 aliphatic carbocycles. The average molecular weight is 391 g/mol. The number of nitrogens with two attached hydrogens (primary N) is 1. The molecule has 12 heteroatoms. The molecule has 0 bridgehead atoms. The molecule has 1 aliphatic rings. The molecule has 1 aromatic carbocycles. The van der Waals surface area contributed by atoms with E-state index >= 15 is 0 Å². The van der Waals surface area contributed by atoms with Crippen molar-refractivity contribution in [1.82, 2.24) is 9.21 Å². The molecule has 25 heavy (non-hydrogen) atoms. The lowest BCUT2D eigenvalue weighted by Gasteiger charge is -2.34. The van der Waals surface area contributed by atoms with E-state index in [2.05, 4.69) is 0 Å². The number of sulfonamides is 1. The summed E-state index contributed by atoms with van der Waals surface area (Å²) in [7, 11) is -4.26. The molecule has 0 radical (unpaired) electrons. The summed E-state index contributed by atoms with van der Waals surface area (Å²) in [5, 5.41) is 0. The summed E-state index contributed by atoms with van der Waals surface area (Å²) in [6.45, 7) is -1.99. The maximum Gasteiger partial charge on any atom is 0.418 e. The van der Waals surface area contributed by atoms with Crippen molar-refractivity contribution in [3.05, 3.63) is 23.8 Å². The van der Waals surface area contributed by atoms with Crippen LogP contribution in [-0.2, 0) is 16.2 Å². The zero-order valence-corrected chi connectivity index (χ0v) is 13.5. The highest BCUT2D eigenvalue weighted by atomic mass is 32.2. The SMILES string of the molecule is Nc1ccc(S(=O)(=O)N2CCN(CC(F)(F)F)CC2)cc1C(F)(F)F. The lowest BCUT2D eigenvalue weighted by Crippen LogP contribution is -2.50. The maximum absolute atomic E-state index is 12.9. The van der Waals surface area contributed by atoms with Gasteiger partial charge < -0.3 is 5.73 Å². The Labute approximate surface area is 140 Å². The molecular weight excluding hydrogens is 376 g/mol. The van der Waals surface area contributed by atoms with Crippen molar-refractivity contribution in [2.24, 2.45) is 0 Å². The second-order valence-corrected chi connectivity index (χ2v) is 7.48. The summed E-state index contributed by atoms with van der Waals surface area (Å²) in [6.07, 6.45) is -9.22. The lowest BCUT2D eigenvalue weighted by molar-refractivity contribution is -0.148. The van der Waals surface area contributed by atoms with Crippen molar-refractivity contribution in [3.8, 4) is 0 Å². The molecule has 0 amide bonds. The Morgan fingerprint density at radius 2 is 1.56 bits per heavy atom. The van der Waals surface area contributed by atoms with E-state index in [0.29, 0.717) is 6.07 Å². The van der Waals surface area contributed by atoms with Crippen LogP contribution in [0.3, 0.4) is 0 Å². The average Bonchev–Trinajstić information content (AvgIpc) is 2.45. The molecular formula is C13H15F6N3O2S. The fraction of sp³-hybridized carbons (Fsp3) is 0.538. The van der Waals surface area contributed by atoms with Crippen LogP contribution in [-0.4, -0.2) is 56.5 Å². The number of hydrogen-bond donors (Lipinski definition) is 1. The largest absolute Gasteiger partial charge is 0.418 e. The van der Waals surface area contributed by atoms with E-state index in [1.165, 1.54) is 0 Å². The van der Waals surface area contributed by atoms with Crippen LogP contribution in [0.5, 0.6) is 0 Å². The van der Waals surface area contributed by atoms with Crippen molar-refractivity contribution in [2.45, 2.75) is 17.2 Å². The summed E-state index contributed by atoms with van der Waals surface area (Å²) in [5.41, 5.74) is 3.35. The molecule has 0 atom stereocenters. The van der Waals surface area contributed by atoms with E-state index in [1.807, 2.05) is 0 Å². The Morgan fingerprint density at radius 3 is 2.04 bits per heavy atom. The van der Waals surface area contributed by atoms with E-state index in [9.17, 15) is 34.8 Å². The van der Waals surface area contributed by atoms with Crippen LogP contribution in [0.1, 0.15) is 5.56 Å². The first-order chi connectivity index (χ1) is 11.3. The maximum atomic E-state index is 12.9. The zero-order valence-electron chi connectivity index (χ0n) is 12.7. The number of alkyl halides is 6. The molecule has 0 saturated carbocycles. The molecule has 0 aromatic heterocycles. The number of benzene rings is 1. The molecule has 0 unspecified atom stereocenters. The van der Waals surface area contributed by atoms with E-state index in [0.717, 1.165) is 21.3 Å². The van der Waals surface area contributed by atoms with Gasteiger partial charge in [-0.25, -0.2) is 8.42 Å². The van der Waals surface area contributed by atoms with Crippen LogP contribution in [0.2, 0.25) is 0 Å². The molecule has 1 fully saturated rings. The van der Waals surface area contributed by atoms with Crippen molar-refractivity contribution in [3.63, 3.8) is 0 Å². The summed E-state index contributed by atoms with van der Waals surface area (Å²) in [5.74, 6) is 0. The summed E-state index contributed by atoms with van der Waals surface area (Å²) in [6, 6.07) is 2.23. The van der Waals surface area contributed by atoms with Gasteiger partial charge in [-0.15, -0.1) is 0 Å². The zero-order chi connectivity index (χ0) is 19.0. The standard InChI is InChI=1S/C13H15F6N3O2S/c14-12(15,16)8-21-3-5-22(6-4-21)25(23,24)9-1-2-11(20)10(7-9)13(17,18)19/h1-2,7H,3-6,8,20H2. The van der Waals surface area contributed by atoms with Gasteiger partial charge in [0.25, 0.3) is 0 Å². The monoisotopic (exact) mass is 391 g/mol. The molecule has 142 valence electrons. The highest BCUT2D eigenvalue weighted by Gasteiger charge is 2.37. The first-order valence-corrected chi connectivity index (χ1v) is 8.51. The smallest absolute Gasteiger partial charge is 0.398 e. The first-order valence-electron chi connectivity index (χ1n) is 7.07. The van der Waals surface area contributed by atoms with Gasteiger partial charge in [0.1, 0.15) is 0 Å². The summed E-state index contributed by atoms with van der Waals surface area (Å²) < 4.78 is 101.